The number of aryl methyl sites for hydroxylation is 1. The Balaban J connectivity index is 2.52. The highest BCUT2D eigenvalue weighted by atomic mass is 79.9. The number of alkyl halides is 3. The van der Waals surface area contributed by atoms with E-state index < -0.39 is 17.8 Å². The summed E-state index contributed by atoms with van der Waals surface area (Å²) in [4.78, 5) is 0. The van der Waals surface area contributed by atoms with Gasteiger partial charge in [0.15, 0.2) is 5.75 Å². The molecule has 0 bridgehead atoms. The standard InChI is InChI=1S/C13H12BrF3N2O2/c1-19-11(10(21-2)6-18-19)12(20)8-5-7(13(15,16)17)3-4-9(8)14/h3-6,12,20H,1-2H3. The molecule has 0 aliphatic heterocycles. The molecule has 0 amide bonds. The predicted octanol–water partition coefficient (Wildman–Crippen LogP) is 3.29. The van der Waals surface area contributed by atoms with E-state index in [1.807, 2.05) is 0 Å². The summed E-state index contributed by atoms with van der Waals surface area (Å²) < 4.78 is 45.2. The molecule has 0 saturated heterocycles. The number of aliphatic hydroxyl groups is 1. The molecule has 0 aliphatic carbocycles. The minimum atomic E-state index is -4.48. The third kappa shape index (κ3) is 3.06. The van der Waals surface area contributed by atoms with Crippen molar-refractivity contribution in [2.75, 3.05) is 7.11 Å². The molecular formula is C13H12BrF3N2O2. The molecule has 8 heteroatoms. The molecule has 0 fully saturated rings. The average Bonchev–Trinajstić information content (AvgIpc) is 2.78. The molecule has 21 heavy (non-hydrogen) atoms. The Hall–Kier alpha value is -1.54. The molecule has 0 saturated carbocycles. The lowest BCUT2D eigenvalue weighted by Gasteiger charge is -2.17. The van der Waals surface area contributed by atoms with Crippen LogP contribution >= 0.6 is 15.9 Å². The highest BCUT2D eigenvalue weighted by Crippen LogP contribution is 2.37. The van der Waals surface area contributed by atoms with Gasteiger partial charge in [-0.3, -0.25) is 4.68 Å². The highest BCUT2D eigenvalue weighted by Gasteiger charge is 2.32. The molecule has 0 radical (unpaired) electrons. The molecule has 1 atom stereocenters. The SMILES string of the molecule is COc1cnn(C)c1C(O)c1cc(C(F)(F)F)ccc1Br. The van der Waals surface area contributed by atoms with Crippen LogP contribution in [0.5, 0.6) is 5.75 Å². The van der Waals surface area contributed by atoms with Crippen LogP contribution in [-0.4, -0.2) is 22.0 Å². The topological polar surface area (TPSA) is 47.3 Å². The van der Waals surface area contributed by atoms with Crippen LogP contribution in [0.2, 0.25) is 0 Å². The Kier molecular flexibility index (Phi) is 4.29. The molecule has 1 aromatic heterocycles. The van der Waals surface area contributed by atoms with Gasteiger partial charge in [-0.25, -0.2) is 0 Å². The summed E-state index contributed by atoms with van der Waals surface area (Å²) in [5.41, 5.74) is -0.467. The van der Waals surface area contributed by atoms with Crippen LogP contribution in [0.25, 0.3) is 0 Å². The maximum Gasteiger partial charge on any atom is 0.416 e. The maximum absolute atomic E-state index is 12.8. The number of aliphatic hydroxyl groups excluding tert-OH is 1. The van der Waals surface area contributed by atoms with Crippen LogP contribution in [-0.2, 0) is 13.2 Å². The normalized spacial score (nSPS) is 13.3. The second kappa shape index (κ2) is 5.69. The minimum absolute atomic E-state index is 0.0896. The second-order valence-electron chi connectivity index (χ2n) is 4.36. The fraction of sp³-hybridized carbons (Fsp3) is 0.308. The number of halogens is 4. The van der Waals surface area contributed by atoms with E-state index in [1.165, 1.54) is 24.1 Å². The summed E-state index contributed by atoms with van der Waals surface area (Å²) in [6.07, 6.45) is -4.39. The van der Waals surface area contributed by atoms with Gasteiger partial charge in [0, 0.05) is 17.1 Å². The molecule has 0 aliphatic rings. The number of hydrogen-bond acceptors (Lipinski definition) is 3. The van der Waals surface area contributed by atoms with Gasteiger partial charge in [0.25, 0.3) is 0 Å². The molecule has 1 aromatic carbocycles. The van der Waals surface area contributed by atoms with Gasteiger partial charge in [0.05, 0.1) is 18.9 Å². The molecule has 1 N–H and O–H groups in total. The Bertz CT molecular complexity index is 655. The van der Waals surface area contributed by atoms with E-state index in [4.69, 9.17) is 4.74 Å². The first-order chi connectivity index (χ1) is 9.75. The van der Waals surface area contributed by atoms with Crippen LogP contribution in [0.1, 0.15) is 22.9 Å². The van der Waals surface area contributed by atoms with Crippen molar-refractivity contribution >= 4 is 15.9 Å². The third-order valence-corrected chi connectivity index (χ3v) is 3.77. The first-order valence-corrected chi connectivity index (χ1v) is 6.65. The van der Waals surface area contributed by atoms with E-state index in [9.17, 15) is 18.3 Å². The van der Waals surface area contributed by atoms with Crippen molar-refractivity contribution in [2.24, 2.45) is 7.05 Å². The monoisotopic (exact) mass is 364 g/mol. The number of ether oxygens (including phenoxy) is 1. The van der Waals surface area contributed by atoms with E-state index in [2.05, 4.69) is 21.0 Å². The molecular weight excluding hydrogens is 353 g/mol. The van der Waals surface area contributed by atoms with Crippen molar-refractivity contribution in [3.63, 3.8) is 0 Å². The fourth-order valence-electron chi connectivity index (χ4n) is 1.97. The van der Waals surface area contributed by atoms with Gasteiger partial charge in [0.1, 0.15) is 11.8 Å². The summed E-state index contributed by atoms with van der Waals surface area (Å²) in [7, 11) is 2.97. The van der Waals surface area contributed by atoms with Crippen LogP contribution < -0.4 is 4.74 Å². The lowest BCUT2D eigenvalue weighted by Crippen LogP contribution is -2.11. The van der Waals surface area contributed by atoms with Crippen molar-refractivity contribution in [3.05, 3.63) is 45.7 Å². The second-order valence-corrected chi connectivity index (χ2v) is 5.21. The van der Waals surface area contributed by atoms with Crippen LogP contribution in [0.15, 0.2) is 28.9 Å². The van der Waals surface area contributed by atoms with Gasteiger partial charge in [-0.15, -0.1) is 0 Å². The van der Waals surface area contributed by atoms with Crippen LogP contribution in [0.3, 0.4) is 0 Å². The van der Waals surface area contributed by atoms with Gasteiger partial charge in [-0.1, -0.05) is 15.9 Å². The smallest absolute Gasteiger partial charge is 0.416 e. The summed E-state index contributed by atoms with van der Waals surface area (Å²) in [5, 5.41) is 14.3. The maximum atomic E-state index is 12.8. The van der Waals surface area contributed by atoms with E-state index in [1.54, 1.807) is 7.05 Å². The zero-order chi connectivity index (χ0) is 15.8. The van der Waals surface area contributed by atoms with Crippen molar-refractivity contribution < 1.29 is 23.0 Å². The van der Waals surface area contributed by atoms with E-state index in [0.717, 1.165) is 12.1 Å². The van der Waals surface area contributed by atoms with Gasteiger partial charge >= 0.3 is 6.18 Å². The van der Waals surface area contributed by atoms with Crippen LogP contribution in [0, 0.1) is 0 Å². The third-order valence-electron chi connectivity index (χ3n) is 3.05. The number of hydrogen-bond donors (Lipinski definition) is 1. The molecule has 1 unspecified atom stereocenters. The zero-order valence-corrected chi connectivity index (χ0v) is 12.7. The Morgan fingerprint density at radius 1 is 1.38 bits per heavy atom. The van der Waals surface area contributed by atoms with Crippen molar-refractivity contribution in [1.29, 1.82) is 0 Å². The summed E-state index contributed by atoms with van der Waals surface area (Å²) in [5.74, 6) is 0.300. The van der Waals surface area contributed by atoms with Gasteiger partial charge in [-0.05, 0) is 18.2 Å². The minimum Gasteiger partial charge on any atom is -0.493 e. The average molecular weight is 365 g/mol. The number of aromatic nitrogens is 2. The molecule has 2 aromatic rings. The van der Waals surface area contributed by atoms with Gasteiger partial charge < -0.3 is 9.84 Å². The zero-order valence-electron chi connectivity index (χ0n) is 11.1. The van der Waals surface area contributed by atoms with Crippen LogP contribution in [0.4, 0.5) is 13.2 Å². The van der Waals surface area contributed by atoms with Gasteiger partial charge in [0.2, 0.25) is 0 Å². The summed E-state index contributed by atoms with van der Waals surface area (Å²) in [6, 6.07) is 3.10. The molecule has 4 nitrogen and oxygen atoms in total. The molecule has 114 valence electrons. The quantitative estimate of drug-likeness (QED) is 0.908. The lowest BCUT2D eigenvalue weighted by atomic mass is 10.0. The largest absolute Gasteiger partial charge is 0.493 e. The summed E-state index contributed by atoms with van der Waals surface area (Å²) in [6.45, 7) is 0. The van der Waals surface area contributed by atoms with Gasteiger partial charge in [-0.2, -0.15) is 18.3 Å². The van der Waals surface area contributed by atoms with Crippen molar-refractivity contribution in [3.8, 4) is 5.75 Å². The van der Waals surface area contributed by atoms with E-state index >= 15 is 0 Å². The Labute approximate surface area is 127 Å². The predicted molar refractivity (Wildman–Crippen MR) is 73.0 cm³/mol. The van der Waals surface area contributed by atoms with E-state index in [-0.39, 0.29) is 11.3 Å². The number of nitrogens with zero attached hydrogens (tertiary/aromatic N) is 2. The van der Waals surface area contributed by atoms with E-state index in [0.29, 0.717) is 10.2 Å². The van der Waals surface area contributed by atoms with Crippen molar-refractivity contribution in [2.45, 2.75) is 12.3 Å². The Morgan fingerprint density at radius 3 is 2.62 bits per heavy atom. The molecule has 0 spiro atoms. The lowest BCUT2D eigenvalue weighted by molar-refractivity contribution is -0.137. The fourth-order valence-corrected chi connectivity index (χ4v) is 2.44. The summed E-state index contributed by atoms with van der Waals surface area (Å²) >= 11 is 3.16. The van der Waals surface area contributed by atoms with Crippen molar-refractivity contribution in [1.82, 2.24) is 9.78 Å². The highest BCUT2D eigenvalue weighted by molar-refractivity contribution is 9.10. The molecule has 1 heterocycles. The first kappa shape index (κ1) is 15.8. The Morgan fingerprint density at radius 2 is 2.05 bits per heavy atom. The molecule has 2 rings (SSSR count). The number of methoxy groups -OCH3 is 1. The first-order valence-electron chi connectivity index (χ1n) is 5.86. The number of rotatable bonds is 3. The number of benzene rings is 1.